The van der Waals surface area contributed by atoms with Crippen LogP contribution in [0.15, 0.2) is 30.3 Å². The van der Waals surface area contributed by atoms with Gasteiger partial charge < -0.3 is 14.5 Å². The van der Waals surface area contributed by atoms with Crippen LogP contribution in [0.1, 0.15) is 25.3 Å². The van der Waals surface area contributed by atoms with Gasteiger partial charge in [0.2, 0.25) is 5.91 Å². The van der Waals surface area contributed by atoms with Gasteiger partial charge in [-0.1, -0.05) is 30.3 Å². The van der Waals surface area contributed by atoms with Crippen LogP contribution < -0.4 is 0 Å². The van der Waals surface area contributed by atoms with E-state index in [2.05, 4.69) is 0 Å². The highest BCUT2D eigenvalue weighted by Crippen LogP contribution is 2.17. The summed E-state index contributed by atoms with van der Waals surface area (Å²) in [5.41, 5.74) is 0.960. The normalized spacial score (nSPS) is 17.7. The van der Waals surface area contributed by atoms with Crippen molar-refractivity contribution in [3.63, 3.8) is 0 Å². The Labute approximate surface area is 142 Å². The minimum Gasteiger partial charge on any atom is -0.445 e. The second-order valence-electron chi connectivity index (χ2n) is 5.60. The number of halogens is 1. The molecule has 1 saturated heterocycles. The molecule has 0 bridgehead atoms. The SMILES string of the molecule is CCN(C(=O)CCl)[C@H]1CCCN(C(=O)OCc2ccccc2)C1. The molecule has 1 aromatic rings. The number of alkyl halides is 1. The average molecular weight is 339 g/mol. The van der Waals surface area contributed by atoms with E-state index in [0.717, 1.165) is 18.4 Å². The molecule has 1 atom stereocenters. The molecule has 0 radical (unpaired) electrons. The molecular weight excluding hydrogens is 316 g/mol. The number of carbonyl (C=O) groups is 2. The summed E-state index contributed by atoms with van der Waals surface area (Å²) >= 11 is 5.66. The van der Waals surface area contributed by atoms with Crippen molar-refractivity contribution in [1.29, 1.82) is 0 Å². The number of likely N-dealkylation sites (N-methyl/N-ethyl adjacent to an activating group) is 1. The molecule has 0 N–H and O–H groups in total. The lowest BCUT2D eigenvalue weighted by Crippen LogP contribution is -2.52. The van der Waals surface area contributed by atoms with Crippen LogP contribution in [-0.2, 0) is 16.1 Å². The number of hydrogen-bond donors (Lipinski definition) is 0. The van der Waals surface area contributed by atoms with Crippen molar-refractivity contribution < 1.29 is 14.3 Å². The first-order valence-electron chi connectivity index (χ1n) is 7.96. The van der Waals surface area contributed by atoms with Crippen molar-refractivity contribution in [2.75, 3.05) is 25.5 Å². The van der Waals surface area contributed by atoms with Crippen molar-refractivity contribution >= 4 is 23.6 Å². The van der Waals surface area contributed by atoms with E-state index >= 15 is 0 Å². The van der Waals surface area contributed by atoms with E-state index in [1.165, 1.54) is 0 Å². The maximum atomic E-state index is 12.2. The van der Waals surface area contributed by atoms with Crippen molar-refractivity contribution in [3.05, 3.63) is 35.9 Å². The second-order valence-corrected chi connectivity index (χ2v) is 5.86. The van der Waals surface area contributed by atoms with Gasteiger partial charge in [0, 0.05) is 25.7 Å². The zero-order valence-corrected chi connectivity index (χ0v) is 14.2. The molecule has 2 amide bonds. The van der Waals surface area contributed by atoms with Gasteiger partial charge in [-0.2, -0.15) is 0 Å². The van der Waals surface area contributed by atoms with Gasteiger partial charge in [-0.25, -0.2) is 4.79 Å². The van der Waals surface area contributed by atoms with Gasteiger partial charge in [-0.05, 0) is 25.3 Å². The van der Waals surface area contributed by atoms with Crippen LogP contribution in [0.25, 0.3) is 0 Å². The topological polar surface area (TPSA) is 49.9 Å². The van der Waals surface area contributed by atoms with Crippen molar-refractivity contribution in [1.82, 2.24) is 9.80 Å². The number of nitrogens with zero attached hydrogens (tertiary/aromatic N) is 2. The largest absolute Gasteiger partial charge is 0.445 e. The highest BCUT2D eigenvalue weighted by molar-refractivity contribution is 6.27. The predicted molar refractivity (Wildman–Crippen MR) is 89.3 cm³/mol. The van der Waals surface area contributed by atoms with Crippen molar-refractivity contribution in [2.45, 2.75) is 32.4 Å². The summed E-state index contributed by atoms with van der Waals surface area (Å²) in [4.78, 5) is 27.6. The molecule has 0 saturated carbocycles. The zero-order chi connectivity index (χ0) is 16.7. The number of piperidine rings is 1. The standard InChI is InChI=1S/C17H23ClN2O3/c1-2-20(16(21)11-18)15-9-6-10-19(12-15)17(22)23-13-14-7-4-3-5-8-14/h3-5,7-8,15H,2,6,9-13H2,1H3/t15-/m0/s1. The highest BCUT2D eigenvalue weighted by atomic mass is 35.5. The molecule has 0 spiro atoms. The Balaban J connectivity index is 1.89. The number of likely N-dealkylation sites (tertiary alicyclic amines) is 1. The van der Waals surface area contributed by atoms with Crippen LogP contribution in [0, 0.1) is 0 Å². The lowest BCUT2D eigenvalue weighted by atomic mass is 10.0. The van der Waals surface area contributed by atoms with E-state index in [0.29, 0.717) is 19.6 Å². The summed E-state index contributed by atoms with van der Waals surface area (Å²) in [6, 6.07) is 9.61. The molecule has 5 nitrogen and oxygen atoms in total. The summed E-state index contributed by atoms with van der Waals surface area (Å²) in [7, 11) is 0. The van der Waals surface area contributed by atoms with E-state index in [4.69, 9.17) is 16.3 Å². The Morgan fingerprint density at radius 1 is 1.35 bits per heavy atom. The predicted octanol–water partition coefficient (Wildman–Crippen LogP) is 2.87. The zero-order valence-electron chi connectivity index (χ0n) is 13.4. The smallest absolute Gasteiger partial charge is 0.410 e. The lowest BCUT2D eigenvalue weighted by molar-refractivity contribution is -0.131. The second kappa shape index (κ2) is 8.77. The van der Waals surface area contributed by atoms with E-state index in [-0.39, 0.29) is 30.5 Å². The Hall–Kier alpha value is -1.75. The summed E-state index contributed by atoms with van der Waals surface area (Å²) in [5, 5.41) is 0. The van der Waals surface area contributed by atoms with Crippen LogP contribution in [0.5, 0.6) is 0 Å². The minimum absolute atomic E-state index is 0.0178. The number of amides is 2. The fraction of sp³-hybridized carbons (Fsp3) is 0.529. The molecule has 0 aromatic heterocycles. The van der Waals surface area contributed by atoms with Crippen molar-refractivity contribution in [3.8, 4) is 0 Å². The Bertz CT molecular complexity index is 524. The van der Waals surface area contributed by atoms with Crippen LogP contribution in [0.3, 0.4) is 0 Å². The first kappa shape index (κ1) is 17.6. The maximum absolute atomic E-state index is 12.2. The Morgan fingerprint density at radius 3 is 2.74 bits per heavy atom. The van der Waals surface area contributed by atoms with Gasteiger partial charge in [0.1, 0.15) is 12.5 Å². The van der Waals surface area contributed by atoms with Gasteiger partial charge >= 0.3 is 6.09 Å². The molecule has 6 heteroatoms. The average Bonchev–Trinajstić information content (AvgIpc) is 2.61. The number of ether oxygens (including phenoxy) is 1. The number of benzene rings is 1. The molecule has 1 aliphatic heterocycles. The molecule has 0 unspecified atom stereocenters. The van der Waals surface area contributed by atoms with E-state index in [9.17, 15) is 9.59 Å². The van der Waals surface area contributed by atoms with Crippen LogP contribution in [0.4, 0.5) is 4.79 Å². The quantitative estimate of drug-likeness (QED) is 0.776. The third kappa shape index (κ3) is 4.86. The number of hydrogen-bond acceptors (Lipinski definition) is 3. The van der Waals surface area contributed by atoms with Crippen LogP contribution in [0.2, 0.25) is 0 Å². The minimum atomic E-state index is -0.326. The monoisotopic (exact) mass is 338 g/mol. The molecular formula is C17H23ClN2O3. The third-order valence-corrected chi connectivity index (χ3v) is 4.30. The summed E-state index contributed by atoms with van der Waals surface area (Å²) < 4.78 is 5.37. The van der Waals surface area contributed by atoms with Gasteiger partial charge in [-0.15, -0.1) is 11.6 Å². The lowest BCUT2D eigenvalue weighted by Gasteiger charge is -2.38. The highest BCUT2D eigenvalue weighted by Gasteiger charge is 2.30. The molecule has 0 aliphatic carbocycles. The third-order valence-electron chi connectivity index (χ3n) is 4.08. The molecule has 1 heterocycles. The fourth-order valence-electron chi connectivity index (χ4n) is 2.90. The summed E-state index contributed by atoms with van der Waals surface area (Å²) in [6.45, 7) is 3.96. The van der Waals surface area contributed by atoms with E-state index in [1.807, 2.05) is 37.3 Å². The molecule has 126 valence electrons. The summed E-state index contributed by atoms with van der Waals surface area (Å²) in [5.74, 6) is -0.110. The van der Waals surface area contributed by atoms with Gasteiger partial charge in [0.25, 0.3) is 0 Å². The maximum Gasteiger partial charge on any atom is 0.410 e. The first-order chi connectivity index (χ1) is 11.2. The van der Waals surface area contributed by atoms with E-state index < -0.39 is 0 Å². The molecule has 1 aromatic carbocycles. The number of carbonyl (C=O) groups excluding carboxylic acids is 2. The molecule has 23 heavy (non-hydrogen) atoms. The Morgan fingerprint density at radius 2 is 2.09 bits per heavy atom. The Kier molecular flexibility index (Phi) is 6.71. The fourth-order valence-corrected chi connectivity index (χ4v) is 3.05. The van der Waals surface area contributed by atoms with E-state index in [1.54, 1.807) is 9.80 Å². The van der Waals surface area contributed by atoms with Gasteiger partial charge in [-0.3, -0.25) is 4.79 Å². The van der Waals surface area contributed by atoms with Crippen LogP contribution >= 0.6 is 11.6 Å². The molecule has 2 rings (SSSR count). The molecule has 1 aliphatic rings. The van der Waals surface area contributed by atoms with Crippen LogP contribution in [-0.4, -0.2) is 53.4 Å². The molecule has 1 fully saturated rings. The van der Waals surface area contributed by atoms with Crippen molar-refractivity contribution in [2.24, 2.45) is 0 Å². The van der Waals surface area contributed by atoms with Gasteiger partial charge in [0.05, 0.1) is 0 Å². The number of rotatable bonds is 5. The summed E-state index contributed by atoms with van der Waals surface area (Å²) in [6.07, 6.45) is 1.42. The first-order valence-corrected chi connectivity index (χ1v) is 8.50. The van der Waals surface area contributed by atoms with Gasteiger partial charge in [0.15, 0.2) is 0 Å².